The van der Waals surface area contributed by atoms with Crippen molar-refractivity contribution in [2.45, 2.75) is 0 Å². The molecule has 0 unspecified atom stereocenters. The molecule has 0 atom stereocenters. The van der Waals surface area contributed by atoms with Crippen LogP contribution >= 0.6 is 22.7 Å². The van der Waals surface area contributed by atoms with Crippen LogP contribution in [-0.4, -0.2) is 0 Å². The molecular weight excluding hydrogens is 164 g/mol. The number of fused-ring (bicyclic) bond motifs is 1. The third-order valence-corrected chi connectivity index (χ3v) is 3.48. The van der Waals surface area contributed by atoms with Crippen molar-refractivity contribution in [2.75, 3.05) is 11.5 Å². The van der Waals surface area contributed by atoms with Gasteiger partial charge in [0.1, 0.15) is 5.00 Å². The number of hydrogen-bond donors (Lipinski definition) is 2. The summed E-state index contributed by atoms with van der Waals surface area (Å²) in [5.74, 6) is 0. The molecule has 0 aliphatic carbocycles. The zero-order valence-electron chi connectivity index (χ0n) is 5.13. The number of nitrogens with two attached hydrogens (primary N) is 2. The second kappa shape index (κ2) is 1.87. The lowest BCUT2D eigenvalue weighted by Crippen LogP contribution is -1.87. The molecule has 0 fully saturated rings. The molecule has 2 rings (SSSR count). The number of rotatable bonds is 0. The maximum absolute atomic E-state index is 5.67. The van der Waals surface area contributed by atoms with E-state index in [4.69, 9.17) is 11.5 Å². The highest BCUT2D eigenvalue weighted by Crippen LogP contribution is 2.38. The monoisotopic (exact) mass is 170 g/mol. The fourth-order valence-electron chi connectivity index (χ4n) is 0.862. The molecule has 4 heteroatoms. The minimum Gasteiger partial charge on any atom is -0.396 e. The molecule has 2 aromatic heterocycles. The van der Waals surface area contributed by atoms with Gasteiger partial charge in [0.15, 0.2) is 0 Å². The van der Waals surface area contributed by atoms with E-state index < -0.39 is 0 Å². The molecule has 0 aliphatic rings. The zero-order chi connectivity index (χ0) is 7.14. The Morgan fingerprint density at radius 3 is 2.80 bits per heavy atom. The van der Waals surface area contributed by atoms with Crippen molar-refractivity contribution in [2.24, 2.45) is 0 Å². The Balaban J connectivity index is 2.95. The summed E-state index contributed by atoms with van der Waals surface area (Å²) in [6.07, 6.45) is 0. The normalized spacial score (nSPS) is 10.8. The van der Waals surface area contributed by atoms with Crippen LogP contribution in [0.4, 0.5) is 10.7 Å². The summed E-state index contributed by atoms with van der Waals surface area (Å²) >= 11 is 3.24. The minimum absolute atomic E-state index is 0.737. The molecule has 0 bridgehead atoms. The summed E-state index contributed by atoms with van der Waals surface area (Å²) in [5.41, 5.74) is 12.0. The molecule has 2 nitrogen and oxygen atoms in total. The Morgan fingerprint density at radius 1 is 1.30 bits per heavy atom. The second-order valence-electron chi connectivity index (χ2n) is 2.00. The van der Waals surface area contributed by atoms with Crippen LogP contribution in [0, 0.1) is 0 Å². The van der Waals surface area contributed by atoms with E-state index in [1.165, 1.54) is 4.01 Å². The van der Waals surface area contributed by atoms with Crippen LogP contribution in [0.25, 0.3) is 9.40 Å². The van der Waals surface area contributed by atoms with Gasteiger partial charge in [-0.2, -0.15) is 0 Å². The topological polar surface area (TPSA) is 52.0 Å². The van der Waals surface area contributed by atoms with Gasteiger partial charge in [-0.15, -0.1) is 22.7 Å². The average Bonchev–Trinajstić information content (AvgIpc) is 2.41. The molecule has 0 saturated carbocycles. The second-order valence-corrected chi connectivity index (χ2v) is 4.23. The molecule has 0 spiro atoms. The van der Waals surface area contributed by atoms with Crippen LogP contribution in [0.5, 0.6) is 0 Å². The molecule has 0 amide bonds. The zero-order valence-corrected chi connectivity index (χ0v) is 6.76. The van der Waals surface area contributed by atoms with E-state index in [0.717, 1.165) is 16.1 Å². The number of nitrogen functional groups attached to an aromatic ring is 2. The van der Waals surface area contributed by atoms with Crippen molar-refractivity contribution in [1.29, 1.82) is 0 Å². The van der Waals surface area contributed by atoms with Gasteiger partial charge in [0.05, 0.1) is 9.70 Å². The smallest absolute Gasteiger partial charge is 0.111 e. The van der Waals surface area contributed by atoms with Crippen LogP contribution in [0.1, 0.15) is 0 Å². The van der Waals surface area contributed by atoms with Crippen molar-refractivity contribution in [3.05, 3.63) is 11.4 Å². The lowest BCUT2D eigenvalue weighted by atomic mass is 10.3. The standard InChI is InChI=1S/C6H6N2S2/c7-4-3-1-2-9-6(3)10-5(4)8/h1-2H,7-8H2. The summed E-state index contributed by atoms with van der Waals surface area (Å²) in [5, 5.41) is 3.87. The lowest BCUT2D eigenvalue weighted by molar-refractivity contribution is 1.89. The minimum atomic E-state index is 0.737. The predicted octanol–water partition coefficient (Wildman–Crippen LogP) is 2.13. The van der Waals surface area contributed by atoms with E-state index in [1.807, 2.05) is 11.4 Å². The largest absolute Gasteiger partial charge is 0.396 e. The highest BCUT2D eigenvalue weighted by Gasteiger charge is 2.05. The fourth-order valence-corrected chi connectivity index (χ4v) is 2.83. The van der Waals surface area contributed by atoms with Crippen molar-refractivity contribution in [3.8, 4) is 0 Å². The summed E-state index contributed by atoms with van der Waals surface area (Å²) in [7, 11) is 0. The third-order valence-electron chi connectivity index (χ3n) is 1.39. The molecule has 52 valence electrons. The first-order chi connectivity index (χ1) is 4.79. The highest BCUT2D eigenvalue weighted by atomic mass is 32.2. The summed E-state index contributed by atoms with van der Waals surface area (Å²) in [6, 6.07) is 2.00. The van der Waals surface area contributed by atoms with Crippen molar-refractivity contribution >= 4 is 42.8 Å². The molecule has 0 saturated heterocycles. The maximum Gasteiger partial charge on any atom is 0.111 e. The van der Waals surface area contributed by atoms with Gasteiger partial charge in [-0.25, -0.2) is 0 Å². The van der Waals surface area contributed by atoms with Crippen molar-refractivity contribution in [3.63, 3.8) is 0 Å². The van der Waals surface area contributed by atoms with Crippen LogP contribution in [-0.2, 0) is 0 Å². The molecule has 2 aromatic rings. The third kappa shape index (κ3) is 0.629. The lowest BCUT2D eigenvalue weighted by Gasteiger charge is -1.85. The van der Waals surface area contributed by atoms with Crippen LogP contribution in [0.3, 0.4) is 0 Å². The summed E-state index contributed by atoms with van der Waals surface area (Å²) in [4.78, 5) is 0. The molecule has 0 aromatic carbocycles. The Bertz CT molecular complexity index is 361. The van der Waals surface area contributed by atoms with Gasteiger partial charge in [0, 0.05) is 5.39 Å². The maximum atomic E-state index is 5.67. The van der Waals surface area contributed by atoms with E-state index in [-0.39, 0.29) is 0 Å². The van der Waals surface area contributed by atoms with E-state index in [1.54, 1.807) is 22.7 Å². The Kier molecular flexibility index (Phi) is 1.12. The Hall–Kier alpha value is -0.740. The first kappa shape index (κ1) is 6.00. The average molecular weight is 170 g/mol. The van der Waals surface area contributed by atoms with Crippen molar-refractivity contribution in [1.82, 2.24) is 0 Å². The summed E-state index contributed by atoms with van der Waals surface area (Å²) in [6.45, 7) is 0. The first-order valence-electron chi connectivity index (χ1n) is 2.80. The Morgan fingerprint density at radius 2 is 2.10 bits per heavy atom. The van der Waals surface area contributed by atoms with E-state index in [2.05, 4.69) is 0 Å². The summed E-state index contributed by atoms with van der Waals surface area (Å²) < 4.78 is 1.22. The number of anilines is 2. The molecule has 10 heavy (non-hydrogen) atoms. The van der Waals surface area contributed by atoms with Crippen LogP contribution < -0.4 is 11.5 Å². The fraction of sp³-hybridized carbons (Fsp3) is 0. The van der Waals surface area contributed by atoms with Gasteiger partial charge in [0.2, 0.25) is 0 Å². The SMILES string of the molecule is Nc1sc2sccc2c1N. The number of thiophene rings is 2. The van der Waals surface area contributed by atoms with Gasteiger partial charge in [-0.3, -0.25) is 0 Å². The van der Waals surface area contributed by atoms with Crippen molar-refractivity contribution < 1.29 is 0 Å². The van der Waals surface area contributed by atoms with Gasteiger partial charge in [0.25, 0.3) is 0 Å². The van der Waals surface area contributed by atoms with E-state index in [0.29, 0.717) is 0 Å². The highest BCUT2D eigenvalue weighted by molar-refractivity contribution is 7.39. The number of hydrogen-bond acceptors (Lipinski definition) is 4. The van der Waals surface area contributed by atoms with Crippen LogP contribution in [0.2, 0.25) is 0 Å². The van der Waals surface area contributed by atoms with Gasteiger partial charge in [-0.05, 0) is 11.4 Å². The van der Waals surface area contributed by atoms with Crippen LogP contribution in [0.15, 0.2) is 11.4 Å². The molecule has 0 aliphatic heterocycles. The van der Waals surface area contributed by atoms with E-state index >= 15 is 0 Å². The molecule has 4 N–H and O–H groups in total. The molecular formula is C6H6N2S2. The predicted molar refractivity (Wildman–Crippen MR) is 48.5 cm³/mol. The Labute approximate surface area is 66.1 Å². The first-order valence-corrected chi connectivity index (χ1v) is 4.49. The molecule has 0 radical (unpaired) electrons. The van der Waals surface area contributed by atoms with Gasteiger partial charge < -0.3 is 11.5 Å². The molecule has 2 heterocycles. The van der Waals surface area contributed by atoms with Gasteiger partial charge >= 0.3 is 0 Å². The van der Waals surface area contributed by atoms with E-state index in [9.17, 15) is 0 Å². The quantitative estimate of drug-likeness (QED) is 0.636. The van der Waals surface area contributed by atoms with Gasteiger partial charge in [-0.1, -0.05) is 0 Å².